The number of hydrogen-bond acceptors (Lipinski definition) is 3. The Morgan fingerprint density at radius 1 is 1.17 bits per heavy atom. The lowest BCUT2D eigenvalue weighted by Gasteiger charge is -2.33. The van der Waals surface area contributed by atoms with E-state index in [2.05, 4.69) is 4.98 Å². The maximum absolute atomic E-state index is 13.5. The van der Waals surface area contributed by atoms with Crippen LogP contribution in [0.1, 0.15) is 36.5 Å². The average Bonchev–Trinajstić information content (AvgIpc) is 3.21. The van der Waals surface area contributed by atoms with Crippen LogP contribution in [0.15, 0.2) is 61.2 Å². The Kier molecular flexibility index (Phi) is 6.50. The number of ether oxygens (including phenoxy) is 2. The van der Waals surface area contributed by atoms with E-state index < -0.39 is 6.10 Å². The van der Waals surface area contributed by atoms with Gasteiger partial charge in [-0.25, -0.2) is 9.37 Å². The van der Waals surface area contributed by atoms with E-state index in [1.54, 1.807) is 36.8 Å². The Bertz CT molecular complexity index is 934. The van der Waals surface area contributed by atoms with E-state index in [0.29, 0.717) is 10.0 Å². The van der Waals surface area contributed by atoms with E-state index in [-0.39, 0.29) is 18.2 Å². The zero-order valence-corrected chi connectivity index (χ0v) is 17.2. The molecule has 0 bridgehead atoms. The van der Waals surface area contributed by atoms with Crippen molar-refractivity contribution in [1.29, 1.82) is 0 Å². The second kappa shape index (κ2) is 9.26. The van der Waals surface area contributed by atoms with Crippen molar-refractivity contribution in [2.24, 2.45) is 0 Å². The SMILES string of the molecule is Fc1ccc(C(O[C@H]2CCC[C@H](Cn3ccnc3)O2)c2ccc(Cl)cc2Cl)cc1. The molecule has 3 atom stereocenters. The first-order valence-electron chi connectivity index (χ1n) is 9.55. The van der Waals surface area contributed by atoms with E-state index in [9.17, 15) is 4.39 Å². The Labute approximate surface area is 179 Å². The molecule has 0 saturated carbocycles. The summed E-state index contributed by atoms with van der Waals surface area (Å²) in [6.07, 6.45) is 7.35. The fraction of sp³-hybridized carbons (Fsp3) is 0.318. The van der Waals surface area contributed by atoms with Gasteiger partial charge in [0.1, 0.15) is 11.9 Å². The zero-order chi connectivity index (χ0) is 20.2. The maximum atomic E-state index is 13.5. The van der Waals surface area contributed by atoms with Crippen molar-refractivity contribution in [3.05, 3.63) is 88.2 Å². The molecule has 29 heavy (non-hydrogen) atoms. The number of benzene rings is 2. The fourth-order valence-corrected chi connectivity index (χ4v) is 4.07. The van der Waals surface area contributed by atoms with Crippen molar-refractivity contribution in [2.45, 2.75) is 44.3 Å². The van der Waals surface area contributed by atoms with Gasteiger partial charge in [-0.3, -0.25) is 0 Å². The molecule has 0 spiro atoms. The number of rotatable bonds is 6. The van der Waals surface area contributed by atoms with Crippen LogP contribution < -0.4 is 0 Å². The molecule has 0 amide bonds. The normalized spacial score (nSPS) is 20.5. The molecule has 2 heterocycles. The van der Waals surface area contributed by atoms with Crippen molar-refractivity contribution in [3.8, 4) is 0 Å². The summed E-state index contributed by atoms with van der Waals surface area (Å²) in [4.78, 5) is 4.08. The van der Waals surface area contributed by atoms with Crippen molar-refractivity contribution < 1.29 is 13.9 Å². The standard InChI is InChI=1S/C22H21Cl2FN2O2/c23-16-6-9-19(20(24)12-16)22(15-4-7-17(25)8-5-15)29-21-3-1-2-18(28-21)13-27-11-10-26-14-27/h4-12,14,18,21-22H,1-3,13H2/t18-,21+,22?/m1/s1. The summed E-state index contributed by atoms with van der Waals surface area (Å²) in [5.74, 6) is -0.302. The summed E-state index contributed by atoms with van der Waals surface area (Å²) in [6, 6.07) is 11.5. The molecule has 7 heteroatoms. The topological polar surface area (TPSA) is 36.3 Å². The summed E-state index contributed by atoms with van der Waals surface area (Å²) < 4.78 is 28.0. The van der Waals surface area contributed by atoms with Gasteiger partial charge in [-0.05, 0) is 49.1 Å². The Morgan fingerprint density at radius 3 is 2.72 bits per heavy atom. The summed E-state index contributed by atoms with van der Waals surface area (Å²) in [5, 5.41) is 1.04. The highest BCUT2D eigenvalue weighted by molar-refractivity contribution is 6.35. The minimum atomic E-state index is -0.489. The largest absolute Gasteiger partial charge is 0.348 e. The molecular formula is C22H21Cl2FN2O2. The second-order valence-electron chi connectivity index (χ2n) is 7.11. The number of hydrogen-bond donors (Lipinski definition) is 0. The lowest BCUT2D eigenvalue weighted by atomic mass is 10.0. The molecule has 4 rings (SSSR count). The van der Waals surface area contributed by atoms with Crippen LogP contribution in [-0.2, 0) is 16.0 Å². The quantitative estimate of drug-likeness (QED) is 0.474. The first kappa shape index (κ1) is 20.4. The van der Waals surface area contributed by atoms with Crippen molar-refractivity contribution in [1.82, 2.24) is 9.55 Å². The lowest BCUT2D eigenvalue weighted by molar-refractivity contribution is -0.212. The molecule has 0 N–H and O–H groups in total. The predicted octanol–water partition coefficient (Wildman–Crippen LogP) is 6.03. The van der Waals surface area contributed by atoms with Gasteiger partial charge in [0.25, 0.3) is 0 Å². The van der Waals surface area contributed by atoms with Gasteiger partial charge in [0.2, 0.25) is 0 Å². The molecule has 1 aliphatic rings. The smallest absolute Gasteiger partial charge is 0.159 e. The van der Waals surface area contributed by atoms with E-state index in [1.165, 1.54) is 12.1 Å². The van der Waals surface area contributed by atoms with Crippen LogP contribution in [0.2, 0.25) is 10.0 Å². The molecule has 1 fully saturated rings. The van der Waals surface area contributed by atoms with Gasteiger partial charge < -0.3 is 14.0 Å². The summed E-state index contributed by atoms with van der Waals surface area (Å²) in [5.41, 5.74) is 1.57. The summed E-state index contributed by atoms with van der Waals surface area (Å²) >= 11 is 12.5. The molecule has 2 aromatic carbocycles. The van der Waals surface area contributed by atoms with Crippen LogP contribution in [0, 0.1) is 5.82 Å². The minimum Gasteiger partial charge on any atom is -0.348 e. The first-order chi connectivity index (χ1) is 14.1. The molecule has 3 aromatic rings. The number of nitrogens with zero attached hydrogens (tertiary/aromatic N) is 2. The molecule has 0 aliphatic carbocycles. The average molecular weight is 435 g/mol. The van der Waals surface area contributed by atoms with Crippen LogP contribution in [0.5, 0.6) is 0 Å². The Balaban J connectivity index is 1.55. The van der Waals surface area contributed by atoms with E-state index >= 15 is 0 Å². The molecular weight excluding hydrogens is 414 g/mol. The highest BCUT2D eigenvalue weighted by Crippen LogP contribution is 2.36. The van der Waals surface area contributed by atoms with Gasteiger partial charge in [-0.15, -0.1) is 0 Å². The fourth-order valence-electron chi connectivity index (χ4n) is 3.56. The number of aromatic nitrogens is 2. The van der Waals surface area contributed by atoms with Gasteiger partial charge in [0, 0.05) is 34.5 Å². The van der Waals surface area contributed by atoms with Crippen LogP contribution in [0.4, 0.5) is 4.39 Å². The van der Waals surface area contributed by atoms with Gasteiger partial charge >= 0.3 is 0 Å². The molecule has 4 nitrogen and oxygen atoms in total. The lowest BCUT2D eigenvalue weighted by Crippen LogP contribution is -2.33. The first-order valence-corrected chi connectivity index (χ1v) is 10.3. The number of imidazole rings is 1. The maximum Gasteiger partial charge on any atom is 0.159 e. The van der Waals surface area contributed by atoms with Crippen molar-refractivity contribution in [3.63, 3.8) is 0 Å². The van der Waals surface area contributed by atoms with E-state index in [1.807, 2.05) is 16.8 Å². The van der Waals surface area contributed by atoms with Gasteiger partial charge in [0.15, 0.2) is 6.29 Å². The minimum absolute atomic E-state index is 0.0394. The monoisotopic (exact) mass is 434 g/mol. The van der Waals surface area contributed by atoms with Crippen molar-refractivity contribution in [2.75, 3.05) is 0 Å². The molecule has 1 aromatic heterocycles. The highest BCUT2D eigenvalue weighted by Gasteiger charge is 2.28. The zero-order valence-electron chi connectivity index (χ0n) is 15.7. The number of halogens is 3. The van der Waals surface area contributed by atoms with E-state index in [4.69, 9.17) is 32.7 Å². The second-order valence-corrected chi connectivity index (χ2v) is 7.96. The van der Waals surface area contributed by atoms with Crippen LogP contribution in [-0.4, -0.2) is 21.9 Å². The van der Waals surface area contributed by atoms with Crippen LogP contribution in [0.3, 0.4) is 0 Å². The molecule has 1 saturated heterocycles. The molecule has 1 aliphatic heterocycles. The highest BCUT2D eigenvalue weighted by atomic mass is 35.5. The van der Waals surface area contributed by atoms with Gasteiger partial charge in [0.05, 0.1) is 12.4 Å². The molecule has 152 valence electrons. The van der Waals surface area contributed by atoms with Gasteiger partial charge in [-0.2, -0.15) is 0 Å². The third-order valence-electron chi connectivity index (χ3n) is 4.99. The summed E-state index contributed by atoms with van der Waals surface area (Å²) in [6.45, 7) is 0.725. The van der Waals surface area contributed by atoms with Crippen LogP contribution in [0.25, 0.3) is 0 Å². The van der Waals surface area contributed by atoms with Gasteiger partial charge in [-0.1, -0.05) is 41.4 Å². The predicted molar refractivity (Wildman–Crippen MR) is 111 cm³/mol. The Hall–Kier alpha value is -1.92. The molecule has 0 radical (unpaired) electrons. The third kappa shape index (κ3) is 5.17. The van der Waals surface area contributed by atoms with E-state index in [0.717, 1.165) is 36.9 Å². The third-order valence-corrected chi connectivity index (χ3v) is 5.55. The molecule has 1 unspecified atom stereocenters. The summed E-state index contributed by atoms with van der Waals surface area (Å²) in [7, 11) is 0. The Morgan fingerprint density at radius 2 is 2.00 bits per heavy atom. The van der Waals surface area contributed by atoms with Crippen molar-refractivity contribution >= 4 is 23.2 Å². The van der Waals surface area contributed by atoms with Crippen LogP contribution >= 0.6 is 23.2 Å².